The second-order valence-corrected chi connectivity index (χ2v) is 5.25. The minimum absolute atomic E-state index is 0.408. The number of rotatable bonds is 3. The molecular formula is C12H14F2N2S. The van der Waals surface area contributed by atoms with Gasteiger partial charge in [0.05, 0.1) is 6.54 Å². The summed E-state index contributed by atoms with van der Waals surface area (Å²) in [7, 11) is 0. The lowest BCUT2D eigenvalue weighted by Gasteiger charge is -2.08. The Kier molecular flexibility index (Phi) is 3.99. The highest BCUT2D eigenvalue weighted by Crippen LogP contribution is 2.26. The molecule has 0 spiro atoms. The zero-order valence-corrected chi connectivity index (χ0v) is 10.4. The van der Waals surface area contributed by atoms with Gasteiger partial charge in [-0.1, -0.05) is 25.1 Å². The molecule has 0 bridgehead atoms. The van der Waals surface area contributed by atoms with Crippen molar-refractivity contribution in [3.05, 3.63) is 29.8 Å². The highest BCUT2D eigenvalue weighted by molar-refractivity contribution is 8.15. The van der Waals surface area contributed by atoms with Crippen molar-refractivity contribution in [1.82, 2.24) is 0 Å². The second-order valence-electron chi connectivity index (χ2n) is 3.96. The van der Waals surface area contributed by atoms with E-state index in [1.54, 1.807) is 11.8 Å². The summed E-state index contributed by atoms with van der Waals surface area (Å²) in [5.41, 5.74) is 0.408. The molecule has 1 aromatic rings. The lowest BCUT2D eigenvalue weighted by Crippen LogP contribution is -2.07. The quantitative estimate of drug-likeness (QED) is 0.892. The van der Waals surface area contributed by atoms with Gasteiger partial charge in [0.1, 0.15) is 11.6 Å². The van der Waals surface area contributed by atoms with E-state index in [-0.39, 0.29) is 0 Å². The second kappa shape index (κ2) is 5.49. The predicted octanol–water partition coefficient (Wildman–Crippen LogP) is 3.65. The number of hydrogen-bond acceptors (Lipinski definition) is 3. The van der Waals surface area contributed by atoms with Gasteiger partial charge in [-0.2, -0.15) is 0 Å². The van der Waals surface area contributed by atoms with Crippen molar-refractivity contribution in [2.24, 2.45) is 4.99 Å². The summed E-state index contributed by atoms with van der Waals surface area (Å²) >= 11 is 1.64. The number of benzene rings is 1. The number of amidine groups is 1. The van der Waals surface area contributed by atoms with Gasteiger partial charge in [-0.3, -0.25) is 4.99 Å². The first-order chi connectivity index (χ1) is 8.17. The van der Waals surface area contributed by atoms with Crippen LogP contribution in [-0.2, 0) is 0 Å². The van der Waals surface area contributed by atoms with Crippen molar-refractivity contribution in [3.63, 3.8) is 0 Å². The molecule has 5 heteroatoms. The van der Waals surface area contributed by atoms with Gasteiger partial charge < -0.3 is 5.32 Å². The molecule has 2 nitrogen and oxygen atoms in total. The first-order valence-electron chi connectivity index (χ1n) is 5.61. The number of halogens is 2. The van der Waals surface area contributed by atoms with E-state index in [1.165, 1.54) is 12.1 Å². The molecule has 0 amide bonds. The number of anilines is 1. The van der Waals surface area contributed by atoms with Crippen molar-refractivity contribution < 1.29 is 8.78 Å². The van der Waals surface area contributed by atoms with Crippen LogP contribution in [0, 0.1) is 11.6 Å². The van der Waals surface area contributed by atoms with E-state index < -0.39 is 11.6 Å². The zero-order chi connectivity index (χ0) is 12.3. The Labute approximate surface area is 104 Å². The number of nitrogens with one attached hydrogen (secondary N) is 1. The van der Waals surface area contributed by atoms with Crippen LogP contribution < -0.4 is 5.32 Å². The summed E-state index contributed by atoms with van der Waals surface area (Å²) in [6.07, 6.45) is 2.23. The molecule has 0 fully saturated rings. The van der Waals surface area contributed by atoms with E-state index in [1.807, 2.05) is 0 Å². The molecule has 1 unspecified atom stereocenters. The number of aliphatic imine (C=N–C) groups is 1. The van der Waals surface area contributed by atoms with Gasteiger partial charge in [0.2, 0.25) is 0 Å². The molecule has 0 saturated carbocycles. The van der Waals surface area contributed by atoms with Crippen LogP contribution in [0.25, 0.3) is 0 Å². The van der Waals surface area contributed by atoms with Crippen molar-refractivity contribution in [1.29, 1.82) is 0 Å². The molecule has 92 valence electrons. The van der Waals surface area contributed by atoms with Crippen LogP contribution in [-0.4, -0.2) is 17.0 Å². The van der Waals surface area contributed by atoms with E-state index in [0.717, 1.165) is 30.6 Å². The lowest BCUT2D eigenvalue weighted by atomic mass is 10.2. The van der Waals surface area contributed by atoms with Crippen molar-refractivity contribution in [2.45, 2.75) is 25.0 Å². The molecule has 0 aliphatic carbocycles. The Morgan fingerprint density at radius 2 is 2.06 bits per heavy atom. The summed E-state index contributed by atoms with van der Waals surface area (Å²) in [6, 6.07) is 3.38. The van der Waals surface area contributed by atoms with Gasteiger partial charge in [0.25, 0.3) is 0 Å². The fraction of sp³-hybridized carbons (Fsp3) is 0.417. The van der Waals surface area contributed by atoms with Crippen LogP contribution in [0.15, 0.2) is 23.2 Å². The predicted molar refractivity (Wildman–Crippen MR) is 68.6 cm³/mol. The molecule has 1 aliphatic heterocycles. The summed E-state index contributed by atoms with van der Waals surface area (Å²) < 4.78 is 25.9. The van der Waals surface area contributed by atoms with E-state index in [0.29, 0.717) is 10.9 Å². The topological polar surface area (TPSA) is 24.4 Å². The van der Waals surface area contributed by atoms with Gasteiger partial charge in [0.15, 0.2) is 5.17 Å². The van der Waals surface area contributed by atoms with Gasteiger partial charge in [-0.15, -0.1) is 0 Å². The standard InChI is InChI=1S/C12H14F2N2S/c1-2-3-11-7-15-12(17-11)16-10-5-8(13)4-9(14)6-10/h4-6,11H,2-3,7H2,1H3,(H,15,16). The molecule has 17 heavy (non-hydrogen) atoms. The van der Waals surface area contributed by atoms with E-state index >= 15 is 0 Å². The number of nitrogens with zero attached hydrogens (tertiary/aromatic N) is 1. The Bertz CT molecular complexity index is 414. The molecule has 1 N–H and O–H groups in total. The Balaban J connectivity index is 1.98. The minimum atomic E-state index is -0.582. The summed E-state index contributed by atoms with van der Waals surface area (Å²) in [5, 5.41) is 4.17. The van der Waals surface area contributed by atoms with Crippen LogP contribution >= 0.6 is 11.8 Å². The van der Waals surface area contributed by atoms with E-state index in [9.17, 15) is 8.78 Å². The van der Waals surface area contributed by atoms with Gasteiger partial charge in [-0.05, 0) is 18.6 Å². The third-order valence-corrected chi connectivity index (χ3v) is 3.61. The first-order valence-corrected chi connectivity index (χ1v) is 6.49. The minimum Gasteiger partial charge on any atom is -0.335 e. The average molecular weight is 256 g/mol. The van der Waals surface area contributed by atoms with E-state index in [2.05, 4.69) is 17.2 Å². The molecule has 0 radical (unpaired) electrons. The maximum atomic E-state index is 13.0. The van der Waals surface area contributed by atoms with Crippen LogP contribution in [0.3, 0.4) is 0 Å². The van der Waals surface area contributed by atoms with Crippen LogP contribution in [0.1, 0.15) is 19.8 Å². The molecule has 1 aromatic carbocycles. The SMILES string of the molecule is CCCC1CN=C(Nc2cc(F)cc(F)c2)S1. The lowest BCUT2D eigenvalue weighted by molar-refractivity contribution is 0.584. The molecule has 2 rings (SSSR count). The smallest absolute Gasteiger partial charge is 0.161 e. The van der Waals surface area contributed by atoms with Gasteiger partial charge >= 0.3 is 0 Å². The molecular weight excluding hydrogens is 242 g/mol. The Morgan fingerprint density at radius 3 is 2.71 bits per heavy atom. The summed E-state index contributed by atoms with van der Waals surface area (Å²) in [6.45, 7) is 2.91. The van der Waals surface area contributed by atoms with Gasteiger partial charge in [-0.25, -0.2) is 8.78 Å². The highest BCUT2D eigenvalue weighted by atomic mass is 32.2. The Morgan fingerprint density at radius 1 is 1.35 bits per heavy atom. The largest absolute Gasteiger partial charge is 0.335 e. The molecule has 0 saturated heterocycles. The number of hydrogen-bond donors (Lipinski definition) is 1. The van der Waals surface area contributed by atoms with Gasteiger partial charge in [0, 0.05) is 17.0 Å². The normalized spacial score (nSPS) is 19.2. The molecule has 1 atom stereocenters. The van der Waals surface area contributed by atoms with Crippen LogP contribution in [0.4, 0.5) is 14.5 Å². The average Bonchev–Trinajstić information content (AvgIpc) is 2.64. The first kappa shape index (κ1) is 12.4. The third kappa shape index (κ3) is 3.43. The third-order valence-electron chi connectivity index (χ3n) is 2.44. The van der Waals surface area contributed by atoms with Crippen molar-refractivity contribution in [2.75, 3.05) is 11.9 Å². The van der Waals surface area contributed by atoms with Crippen molar-refractivity contribution >= 4 is 22.6 Å². The monoisotopic (exact) mass is 256 g/mol. The van der Waals surface area contributed by atoms with Crippen LogP contribution in [0.2, 0.25) is 0 Å². The summed E-state index contributed by atoms with van der Waals surface area (Å²) in [4.78, 5) is 4.31. The molecule has 1 heterocycles. The summed E-state index contributed by atoms with van der Waals surface area (Å²) in [5.74, 6) is -1.16. The fourth-order valence-electron chi connectivity index (χ4n) is 1.71. The zero-order valence-electron chi connectivity index (χ0n) is 9.54. The van der Waals surface area contributed by atoms with E-state index in [4.69, 9.17) is 0 Å². The fourth-order valence-corrected chi connectivity index (χ4v) is 2.85. The Hall–Kier alpha value is -1.10. The molecule has 1 aliphatic rings. The van der Waals surface area contributed by atoms with Crippen molar-refractivity contribution in [3.8, 4) is 0 Å². The maximum Gasteiger partial charge on any atom is 0.161 e. The van der Waals surface area contributed by atoms with Crippen LogP contribution in [0.5, 0.6) is 0 Å². The highest BCUT2D eigenvalue weighted by Gasteiger charge is 2.18. The number of thioether (sulfide) groups is 1. The maximum absolute atomic E-state index is 13.0. The molecule has 0 aromatic heterocycles.